The number of para-hydroxylation sites is 1. The number of nitrogens with one attached hydrogen (secondary N) is 1. The maximum Gasteiger partial charge on any atom is 0.216 e. The minimum Gasteiger partial charge on any atom is -0.489 e. The highest BCUT2D eigenvalue weighted by atomic mass is 35.5. The smallest absolute Gasteiger partial charge is 0.216 e. The summed E-state index contributed by atoms with van der Waals surface area (Å²) in [7, 11) is 0. The Morgan fingerprint density at radius 3 is 3.19 bits per heavy atom. The van der Waals surface area contributed by atoms with Crippen LogP contribution in [0.4, 0.5) is 5.69 Å². The minimum atomic E-state index is -0.161. The molecule has 5 nitrogen and oxygen atoms in total. The van der Waals surface area contributed by atoms with E-state index in [-0.39, 0.29) is 5.78 Å². The van der Waals surface area contributed by atoms with Gasteiger partial charge in [0.25, 0.3) is 0 Å². The van der Waals surface area contributed by atoms with E-state index in [0.29, 0.717) is 35.2 Å². The lowest BCUT2D eigenvalue weighted by atomic mass is 10.0. The van der Waals surface area contributed by atoms with Gasteiger partial charge in [0.15, 0.2) is 5.75 Å². The Bertz CT molecular complexity index is 682. The molecular weight excluding hydrogens is 290 g/mol. The number of halogens is 1. The van der Waals surface area contributed by atoms with E-state index in [9.17, 15) is 4.79 Å². The molecule has 0 spiro atoms. The Balaban J connectivity index is 2.05. The molecule has 1 N–H and O–H groups in total. The van der Waals surface area contributed by atoms with Gasteiger partial charge >= 0.3 is 0 Å². The van der Waals surface area contributed by atoms with Crippen LogP contribution in [0, 0.1) is 0 Å². The second-order valence-electron chi connectivity index (χ2n) is 4.85. The lowest BCUT2D eigenvalue weighted by Gasteiger charge is -2.21. The van der Waals surface area contributed by atoms with Gasteiger partial charge in [0.2, 0.25) is 5.78 Å². The molecule has 1 aliphatic rings. The SMILES string of the molecule is CCCn1ncc(Cl)c1C(=O)c1cccc2c1OCCN2. The predicted molar refractivity (Wildman–Crippen MR) is 81.4 cm³/mol. The molecule has 110 valence electrons. The first-order chi connectivity index (χ1) is 10.2. The van der Waals surface area contributed by atoms with E-state index < -0.39 is 0 Å². The van der Waals surface area contributed by atoms with Crippen molar-refractivity contribution >= 4 is 23.1 Å². The normalized spacial score (nSPS) is 13.2. The lowest BCUT2D eigenvalue weighted by Crippen LogP contribution is -2.21. The van der Waals surface area contributed by atoms with Crippen LogP contribution in [0.5, 0.6) is 5.75 Å². The van der Waals surface area contributed by atoms with Gasteiger partial charge in [0, 0.05) is 13.1 Å². The average molecular weight is 306 g/mol. The molecule has 0 unspecified atom stereocenters. The predicted octanol–water partition coefficient (Wildman–Crippen LogP) is 2.98. The number of aryl methyl sites for hydroxylation is 1. The quantitative estimate of drug-likeness (QED) is 0.882. The number of ether oxygens (including phenoxy) is 1. The van der Waals surface area contributed by atoms with Crippen LogP contribution in [-0.4, -0.2) is 28.7 Å². The summed E-state index contributed by atoms with van der Waals surface area (Å²) in [5.41, 5.74) is 1.77. The molecule has 6 heteroatoms. The highest BCUT2D eigenvalue weighted by Gasteiger charge is 2.24. The summed E-state index contributed by atoms with van der Waals surface area (Å²) in [6, 6.07) is 5.49. The van der Waals surface area contributed by atoms with Crippen molar-refractivity contribution in [3.8, 4) is 5.75 Å². The van der Waals surface area contributed by atoms with Gasteiger partial charge in [0.1, 0.15) is 12.3 Å². The molecular formula is C15H16ClN3O2. The van der Waals surface area contributed by atoms with Crippen molar-refractivity contribution in [1.82, 2.24) is 9.78 Å². The number of rotatable bonds is 4. The number of hydrogen-bond acceptors (Lipinski definition) is 4. The van der Waals surface area contributed by atoms with Crippen LogP contribution in [0.25, 0.3) is 0 Å². The van der Waals surface area contributed by atoms with Gasteiger partial charge in [-0.25, -0.2) is 0 Å². The summed E-state index contributed by atoms with van der Waals surface area (Å²) in [6.45, 7) is 3.96. The molecule has 0 saturated carbocycles. The van der Waals surface area contributed by atoms with Gasteiger partial charge in [-0.3, -0.25) is 9.48 Å². The Labute approximate surface area is 127 Å². The highest BCUT2D eigenvalue weighted by Crippen LogP contribution is 2.33. The fraction of sp³-hybridized carbons (Fsp3) is 0.333. The average Bonchev–Trinajstić information content (AvgIpc) is 2.87. The van der Waals surface area contributed by atoms with Gasteiger partial charge in [-0.15, -0.1) is 0 Å². The minimum absolute atomic E-state index is 0.161. The number of carbonyl (C=O) groups excluding carboxylic acids is 1. The lowest BCUT2D eigenvalue weighted by molar-refractivity contribution is 0.102. The number of aromatic nitrogens is 2. The zero-order chi connectivity index (χ0) is 14.8. The molecule has 0 radical (unpaired) electrons. The van der Waals surface area contributed by atoms with Gasteiger partial charge in [-0.1, -0.05) is 24.6 Å². The van der Waals surface area contributed by atoms with E-state index >= 15 is 0 Å². The number of ketones is 1. The first kappa shape index (κ1) is 13.9. The molecule has 1 aliphatic heterocycles. The highest BCUT2D eigenvalue weighted by molar-refractivity contribution is 6.34. The Morgan fingerprint density at radius 2 is 2.38 bits per heavy atom. The van der Waals surface area contributed by atoms with Crippen LogP contribution in [0.3, 0.4) is 0 Å². The van der Waals surface area contributed by atoms with Gasteiger partial charge in [-0.05, 0) is 18.6 Å². The number of carbonyl (C=O) groups is 1. The van der Waals surface area contributed by atoms with Crippen LogP contribution in [0.2, 0.25) is 5.02 Å². The summed E-state index contributed by atoms with van der Waals surface area (Å²) in [4.78, 5) is 12.8. The van der Waals surface area contributed by atoms with E-state index in [4.69, 9.17) is 16.3 Å². The number of hydrogen-bond donors (Lipinski definition) is 1. The summed E-state index contributed by atoms with van der Waals surface area (Å²) in [5, 5.41) is 7.77. The van der Waals surface area contributed by atoms with E-state index in [0.717, 1.165) is 18.7 Å². The molecule has 1 aromatic carbocycles. The maximum absolute atomic E-state index is 12.8. The van der Waals surface area contributed by atoms with Crippen molar-refractivity contribution in [1.29, 1.82) is 0 Å². The second kappa shape index (κ2) is 5.77. The third kappa shape index (κ3) is 2.49. The van der Waals surface area contributed by atoms with Crippen LogP contribution in [0.1, 0.15) is 29.4 Å². The monoisotopic (exact) mass is 305 g/mol. The Morgan fingerprint density at radius 1 is 1.52 bits per heavy atom. The number of nitrogens with zero attached hydrogens (tertiary/aromatic N) is 2. The molecule has 0 amide bonds. The van der Waals surface area contributed by atoms with Crippen molar-refractivity contribution in [2.75, 3.05) is 18.5 Å². The summed E-state index contributed by atoms with van der Waals surface area (Å²) in [5.74, 6) is 0.431. The summed E-state index contributed by atoms with van der Waals surface area (Å²) in [6.07, 6.45) is 2.39. The van der Waals surface area contributed by atoms with Crippen molar-refractivity contribution in [2.45, 2.75) is 19.9 Å². The van der Waals surface area contributed by atoms with Crippen molar-refractivity contribution in [2.24, 2.45) is 0 Å². The largest absolute Gasteiger partial charge is 0.489 e. The standard InChI is InChI=1S/C15H16ClN3O2/c1-2-7-19-13(11(16)9-18-19)14(20)10-4-3-5-12-15(10)21-8-6-17-12/h3-5,9,17H,2,6-8H2,1H3. The third-order valence-corrected chi connectivity index (χ3v) is 3.65. The van der Waals surface area contributed by atoms with E-state index in [2.05, 4.69) is 10.4 Å². The van der Waals surface area contributed by atoms with Crippen LogP contribution < -0.4 is 10.1 Å². The summed E-state index contributed by atoms with van der Waals surface area (Å²) >= 11 is 6.15. The van der Waals surface area contributed by atoms with Crippen molar-refractivity contribution in [3.05, 3.63) is 40.7 Å². The third-order valence-electron chi connectivity index (χ3n) is 3.37. The maximum atomic E-state index is 12.8. The topological polar surface area (TPSA) is 56.2 Å². The van der Waals surface area contributed by atoms with Gasteiger partial charge < -0.3 is 10.1 Å². The first-order valence-electron chi connectivity index (χ1n) is 6.98. The van der Waals surface area contributed by atoms with Gasteiger partial charge in [-0.2, -0.15) is 5.10 Å². The molecule has 0 fully saturated rings. The summed E-state index contributed by atoms with van der Waals surface area (Å²) < 4.78 is 7.31. The van der Waals surface area contributed by atoms with E-state index in [1.54, 1.807) is 10.7 Å². The van der Waals surface area contributed by atoms with E-state index in [1.807, 2.05) is 19.1 Å². The van der Waals surface area contributed by atoms with Crippen LogP contribution >= 0.6 is 11.6 Å². The second-order valence-corrected chi connectivity index (χ2v) is 5.26. The molecule has 1 aromatic heterocycles. The molecule has 3 rings (SSSR count). The molecule has 2 aromatic rings. The Kier molecular flexibility index (Phi) is 3.84. The Hall–Kier alpha value is -2.01. The molecule has 0 aliphatic carbocycles. The van der Waals surface area contributed by atoms with E-state index in [1.165, 1.54) is 6.20 Å². The van der Waals surface area contributed by atoms with Crippen molar-refractivity contribution < 1.29 is 9.53 Å². The molecule has 2 heterocycles. The fourth-order valence-electron chi connectivity index (χ4n) is 2.45. The first-order valence-corrected chi connectivity index (χ1v) is 7.36. The molecule has 0 atom stereocenters. The fourth-order valence-corrected chi connectivity index (χ4v) is 2.67. The molecule has 0 saturated heterocycles. The molecule has 21 heavy (non-hydrogen) atoms. The van der Waals surface area contributed by atoms with Crippen LogP contribution in [0.15, 0.2) is 24.4 Å². The van der Waals surface area contributed by atoms with Crippen LogP contribution in [-0.2, 0) is 6.54 Å². The number of fused-ring (bicyclic) bond motifs is 1. The number of anilines is 1. The number of benzene rings is 1. The zero-order valence-electron chi connectivity index (χ0n) is 11.7. The van der Waals surface area contributed by atoms with Gasteiger partial charge in [0.05, 0.1) is 22.5 Å². The zero-order valence-corrected chi connectivity index (χ0v) is 12.5. The molecule has 0 bridgehead atoms. The van der Waals surface area contributed by atoms with Crippen molar-refractivity contribution in [3.63, 3.8) is 0 Å².